The lowest BCUT2D eigenvalue weighted by Crippen LogP contribution is -2.34. The number of benzene rings is 1. The first-order valence-electron chi connectivity index (χ1n) is 8.19. The van der Waals surface area contributed by atoms with E-state index < -0.39 is 0 Å². The highest BCUT2D eigenvalue weighted by Crippen LogP contribution is 2.18. The molecule has 0 saturated carbocycles. The maximum atomic E-state index is 13.1. The molecule has 0 aliphatic rings. The van der Waals surface area contributed by atoms with E-state index in [0.29, 0.717) is 19.6 Å². The number of aromatic nitrogens is 2. The van der Waals surface area contributed by atoms with Gasteiger partial charge in [-0.25, -0.2) is 9.07 Å². The van der Waals surface area contributed by atoms with Crippen molar-refractivity contribution in [1.82, 2.24) is 20.4 Å². The predicted octanol–water partition coefficient (Wildman–Crippen LogP) is 2.91. The van der Waals surface area contributed by atoms with Crippen molar-refractivity contribution < 1.29 is 9.18 Å². The minimum Gasteiger partial charge on any atom is -0.355 e. The third kappa shape index (κ3) is 5.54. The van der Waals surface area contributed by atoms with Gasteiger partial charge in [-0.05, 0) is 38.1 Å². The van der Waals surface area contributed by atoms with Gasteiger partial charge in [0.05, 0.1) is 11.4 Å². The van der Waals surface area contributed by atoms with Gasteiger partial charge in [0.25, 0.3) is 0 Å². The Morgan fingerprint density at radius 2 is 1.84 bits per heavy atom. The van der Waals surface area contributed by atoms with Gasteiger partial charge in [-0.3, -0.25) is 4.79 Å². The summed E-state index contributed by atoms with van der Waals surface area (Å²) in [6, 6.07) is 6.29. The van der Waals surface area contributed by atoms with Gasteiger partial charge in [0.1, 0.15) is 5.82 Å². The Kier molecular flexibility index (Phi) is 8.06. The molecule has 0 spiro atoms. The molecular formula is C18H26ClFN4O. The monoisotopic (exact) mass is 368 g/mol. The van der Waals surface area contributed by atoms with Crippen LogP contribution in [0.25, 0.3) is 5.69 Å². The molecule has 1 amide bonds. The van der Waals surface area contributed by atoms with Gasteiger partial charge in [0.2, 0.25) is 5.91 Å². The van der Waals surface area contributed by atoms with Gasteiger partial charge in [-0.2, -0.15) is 5.10 Å². The van der Waals surface area contributed by atoms with Gasteiger partial charge in [0.15, 0.2) is 0 Å². The second-order valence-electron chi connectivity index (χ2n) is 6.16. The molecule has 25 heavy (non-hydrogen) atoms. The molecule has 5 nitrogen and oxygen atoms in total. The van der Waals surface area contributed by atoms with Crippen LogP contribution in [0.5, 0.6) is 0 Å². The number of nitrogens with zero attached hydrogens (tertiary/aromatic N) is 2. The lowest BCUT2D eigenvalue weighted by Gasteiger charge is -2.09. The average molecular weight is 369 g/mol. The summed E-state index contributed by atoms with van der Waals surface area (Å²) in [5.74, 6) is -0.192. The molecule has 1 heterocycles. The van der Waals surface area contributed by atoms with Crippen LogP contribution < -0.4 is 10.6 Å². The molecule has 0 fully saturated rings. The van der Waals surface area contributed by atoms with E-state index in [1.165, 1.54) is 12.1 Å². The highest BCUT2D eigenvalue weighted by molar-refractivity contribution is 5.85. The Morgan fingerprint density at radius 3 is 2.44 bits per heavy atom. The average Bonchev–Trinajstić information content (AvgIpc) is 2.82. The number of halogens is 2. The number of aryl methyl sites for hydroxylation is 1. The molecule has 1 aromatic carbocycles. The summed E-state index contributed by atoms with van der Waals surface area (Å²) in [5.41, 5.74) is 3.93. The van der Waals surface area contributed by atoms with Crippen LogP contribution in [-0.4, -0.2) is 28.8 Å². The van der Waals surface area contributed by atoms with E-state index in [2.05, 4.69) is 15.7 Å². The van der Waals surface area contributed by atoms with Crippen molar-refractivity contribution in [2.24, 2.45) is 5.92 Å². The van der Waals surface area contributed by atoms with Gasteiger partial charge in [0, 0.05) is 36.8 Å². The van der Waals surface area contributed by atoms with Gasteiger partial charge in [-0.1, -0.05) is 13.8 Å². The van der Waals surface area contributed by atoms with E-state index in [1.54, 1.807) is 12.1 Å². The molecule has 1 aromatic heterocycles. The lowest BCUT2D eigenvalue weighted by molar-refractivity contribution is -0.123. The number of hydrogen-bond donors (Lipinski definition) is 2. The van der Waals surface area contributed by atoms with Crippen LogP contribution in [-0.2, 0) is 11.3 Å². The first kappa shape index (κ1) is 21.1. The summed E-state index contributed by atoms with van der Waals surface area (Å²) in [6.45, 7) is 9.68. The highest BCUT2D eigenvalue weighted by Gasteiger charge is 2.12. The lowest BCUT2D eigenvalue weighted by atomic mass is 10.2. The third-order valence-electron chi connectivity index (χ3n) is 3.94. The van der Waals surface area contributed by atoms with Crippen molar-refractivity contribution in [1.29, 1.82) is 0 Å². The van der Waals surface area contributed by atoms with Crippen LogP contribution in [0, 0.1) is 25.6 Å². The van der Waals surface area contributed by atoms with Crippen molar-refractivity contribution in [2.45, 2.75) is 34.2 Å². The molecule has 2 aromatic rings. The quantitative estimate of drug-likeness (QED) is 0.739. The van der Waals surface area contributed by atoms with E-state index >= 15 is 0 Å². The maximum absolute atomic E-state index is 13.1. The fourth-order valence-corrected chi connectivity index (χ4v) is 2.46. The molecule has 0 atom stereocenters. The highest BCUT2D eigenvalue weighted by atomic mass is 35.5. The van der Waals surface area contributed by atoms with E-state index in [-0.39, 0.29) is 30.0 Å². The van der Waals surface area contributed by atoms with Crippen LogP contribution in [0.15, 0.2) is 24.3 Å². The van der Waals surface area contributed by atoms with Crippen LogP contribution in [0.4, 0.5) is 4.39 Å². The Morgan fingerprint density at radius 1 is 1.20 bits per heavy atom. The van der Waals surface area contributed by atoms with Crippen molar-refractivity contribution in [3.8, 4) is 5.69 Å². The smallest absolute Gasteiger partial charge is 0.222 e. The Balaban J connectivity index is 0.00000312. The number of hydrogen-bond acceptors (Lipinski definition) is 3. The molecule has 0 radical (unpaired) electrons. The first-order chi connectivity index (χ1) is 11.4. The van der Waals surface area contributed by atoms with Crippen LogP contribution in [0.2, 0.25) is 0 Å². The fourth-order valence-electron chi connectivity index (χ4n) is 2.46. The van der Waals surface area contributed by atoms with Crippen molar-refractivity contribution in [3.63, 3.8) is 0 Å². The van der Waals surface area contributed by atoms with Gasteiger partial charge >= 0.3 is 0 Å². The Bertz CT molecular complexity index is 698. The molecule has 2 N–H and O–H groups in total. The molecule has 2 rings (SSSR count). The van der Waals surface area contributed by atoms with Crippen LogP contribution in [0.3, 0.4) is 0 Å². The molecule has 0 bridgehead atoms. The first-order valence-corrected chi connectivity index (χ1v) is 8.19. The zero-order valence-corrected chi connectivity index (χ0v) is 15.9. The summed E-state index contributed by atoms with van der Waals surface area (Å²) in [4.78, 5) is 11.5. The van der Waals surface area contributed by atoms with Gasteiger partial charge < -0.3 is 10.6 Å². The maximum Gasteiger partial charge on any atom is 0.222 e. The zero-order chi connectivity index (χ0) is 17.7. The molecule has 138 valence electrons. The SMILES string of the molecule is Cc1nn(-c2ccc(F)cc2)c(C)c1CNCCNC(=O)C(C)C.Cl. The number of carbonyl (C=O) groups excluding carboxylic acids is 1. The number of nitrogens with one attached hydrogen (secondary N) is 2. The Hall–Kier alpha value is -1.92. The van der Waals surface area contributed by atoms with E-state index in [1.807, 2.05) is 32.4 Å². The second-order valence-corrected chi connectivity index (χ2v) is 6.16. The zero-order valence-electron chi connectivity index (χ0n) is 15.1. The Labute approximate surface area is 154 Å². The van der Waals surface area contributed by atoms with Crippen LogP contribution >= 0.6 is 12.4 Å². The molecule has 0 aliphatic heterocycles. The summed E-state index contributed by atoms with van der Waals surface area (Å²) in [6.07, 6.45) is 0. The minimum absolute atomic E-state index is 0. The normalized spacial score (nSPS) is 10.6. The molecule has 0 aliphatic carbocycles. The minimum atomic E-state index is -0.259. The summed E-state index contributed by atoms with van der Waals surface area (Å²) >= 11 is 0. The third-order valence-corrected chi connectivity index (χ3v) is 3.94. The topological polar surface area (TPSA) is 59.0 Å². The van der Waals surface area contributed by atoms with E-state index in [0.717, 1.165) is 22.6 Å². The molecular weight excluding hydrogens is 343 g/mol. The van der Waals surface area contributed by atoms with Gasteiger partial charge in [-0.15, -0.1) is 12.4 Å². The fraction of sp³-hybridized carbons (Fsp3) is 0.444. The second kappa shape index (κ2) is 9.53. The summed E-state index contributed by atoms with van der Waals surface area (Å²) in [5, 5.41) is 10.7. The largest absolute Gasteiger partial charge is 0.355 e. The summed E-state index contributed by atoms with van der Waals surface area (Å²) in [7, 11) is 0. The number of carbonyl (C=O) groups is 1. The number of rotatable bonds is 7. The molecule has 0 unspecified atom stereocenters. The molecule has 7 heteroatoms. The van der Waals surface area contributed by atoms with E-state index in [4.69, 9.17) is 0 Å². The van der Waals surface area contributed by atoms with Crippen LogP contribution in [0.1, 0.15) is 30.8 Å². The summed E-state index contributed by atoms with van der Waals surface area (Å²) < 4.78 is 14.9. The van der Waals surface area contributed by atoms with Crippen molar-refractivity contribution in [3.05, 3.63) is 47.0 Å². The van der Waals surface area contributed by atoms with Crippen molar-refractivity contribution >= 4 is 18.3 Å². The van der Waals surface area contributed by atoms with Crippen molar-refractivity contribution in [2.75, 3.05) is 13.1 Å². The standard InChI is InChI=1S/C18H25FN4O.ClH/c1-12(2)18(24)21-10-9-20-11-17-13(3)22-23(14(17)4)16-7-5-15(19)6-8-16;/h5-8,12,20H,9-11H2,1-4H3,(H,21,24);1H. The predicted molar refractivity (Wildman–Crippen MR) is 99.8 cm³/mol. The molecule has 0 saturated heterocycles. The van der Waals surface area contributed by atoms with E-state index in [9.17, 15) is 9.18 Å². The number of amides is 1.